The number of benzene rings is 1. The van der Waals surface area contributed by atoms with E-state index >= 15 is 0 Å². The Hall–Kier alpha value is -1.40. The molecule has 0 spiro atoms. The number of rotatable bonds is 5. The number of fused-ring (bicyclic) bond motifs is 1. The molecule has 0 bridgehead atoms. The molecule has 0 saturated carbocycles. The van der Waals surface area contributed by atoms with Crippen LogP contribution in [0.5, 0.6) is 11.5 Å². The van der Waals surface area contributed by atoms with Crippen LogP contribution in [0.1, 0.15) is 5.56 Å². The maximum Gasteiger partial charge on any atom is 1.00 e. The molecular formula is C16H15F2NaO12S. The van der Waals surface area contributed by atoms with Crippen LogP contribution in [0, 0.1) is 11.6 Å². The number of aliphatic hydroxyl groups excluding tert-OH is 4. The van der Waals surface area contributed by atoms with E-state index in [2.05, 4.69) is 4.42 Å². The smallest absolute Gasteiger partial charge is 0.748 e. The zero-order valence-electron chi connectivity index (χ0n) is 16.1. The predicted molar refractivity (Wildman–Crippen MR) is 91.9 cm³/mol. The number of aliphatic hydroxyl groups is 4. The summed E-state index contributed by atoms with van der Waals surface area (Å²) in [5.41, 5.74) is -3.56. The minimum atomic E-state index is -5.18. The molecule has 0 amide bonds. The van der Waals surface area contributed by atoms with Gasteiger partial charge in [-0.1, -0.05) is 0 Å². The van der Waals surface area contributed by atoms with Gasteiger partial charge in [0.2, 0.25) is 17.9 Å². The van der Waals surface area contributed by atoms with Crippen LogP contribution >= 0.6 is 0 Å². The standard InChI is InChI=1S/C16H16F2O12S.Na/c17-6-1-4-5(3-31(25,26)27)14(15(24)29-13(4)8(18)9(6)20)30-16-12(23)11(22)10(21)7(2-19)28-16;/h1,7,10-12,16,19-23H,2-3H2,(H,25,26,27);/q;+1/p-1/t7-,10+,11+,12-,16+;/m1./s1. The molecule has 1 aliphatic rings. The molecule has 2 heterocycles. The summed E-state index contributed by atoms with van der Waals surface area (Å²) in [6.45, 7) is -0.866. The Morgan fingerprint density at radius 1 is 1.16 bits per heavy atom. The van der Waals surface area contributed by atoms with E-state index in [9.17, 15) is 52.1 Å². The van der Waals surface area contributed by atoms with Gasteiger partial charge in [-0.15, -0.1) is 0 Å². The van der Waals surface area contributed by atoms with Crippen molar-refractivity contribution < 1.29 is 90.7 Å². The van der Waals surface area contributed by atoms with E-state index in [1.807, 2.05) is 0 Å². The first kappa shape index (κ1) is 26.8. The second-order valence-corrected chi connectivity index (χ2v) is 8.02. The van der Waals surface area contributed by atoms with Crippen molar-refractivity contribution in [3.05, 3.63) is 33.7 Å². The molecule has 0 aliphatic carbocycles. The predicted octanol–water partition coefficient (Wildman–Crippen LogP) is -5.00. The maximum atomic E-state index is 14.2. The molecule has 0 radical (unpaired) electrons. The zero-order chi connectivity index (χ0) is 23.2. The molecule has 3 rings (SSSR count). The summed E-state index contributed by atoms with van der Waals surface area (Å²) in [4.78, 5) is 12.3. The third kappa shape index (κ3) is 5.06. The molecule has 1 aromatic heterocycles. The minimum Gasteiger partial charge on any atom is -0.748 e. The Balaban J connectivity index is 0.00000363. The van der Waals surface area contributed by atoms with E-state index in [1.165, 1.54) is 0 Å². The SMILES string of the molecule is O=c1oc2c(F)c(O)c(F)cc2c(CS(=O)(=O)[O-])c1O[C@@H]1O[C@H](CO)[C@H](O)[C@H](O)[C@H]1O.[Na+]. The van der Waals surface area contributed by atoms with Gasteiger partial charge in [0.25, 0.3) is 0 Å². The molecule has 32 heavy (non-hydrogen) atoms. The summed E-state index contributed by atoms with van der Waals surface area (Å²) in [6, 6.07) is 0.386. The monoisotopic (exact) mass is 492 g/mol. The number of phenols is 1. The maximum absolute atomic E-state index is 14.2. The second-order valence-electron chi connectivity index (χ2n) is 6.61. The van der Waals surface area contributed by atoms with Gasteiger partial charge in [-0.05, 0) is 6.07 Å². The zero-order valence-corrected chi connectivity index (χ0v) is 19.0. The Kier molecular flexibility index (Phi) is 8.26. The van der Waals surface area contributed by atoms with Gasteiger partial charge in [0, 0.05) is 10.9 Å². The average molecular weight is 492 g/mol. The first-order valence-electron chi connectivity index (χ1n) is 8.43. The van der Waals surface area contributed by atoms with E-state index < -0.39 is 98.5 Å². The van der Waals surface area contributed by atoms with Gasteiger partial charge in [0.05, 0.1) is 22.5 Å². The van der Waals surface area contributed by atoms with Crippen molar-refractivity contribution in [1.82, 2.24) is 0 Å². The van der Waals surface area contributed by atoms with Gasteiger partial charge < -0.3 is 44.0 Å². The summed E-state index contributed by atoms with van der Waals surface area (Å²) < 4.78 is 76.7. The average Bonchev–Trinajstić information content (AvgIpc) is 2.69. The van der Waals surface area contributed by atoms with Crippen molar-refractivity contribution in [2.24, 2.45) is 0 Å². The molecular weight excluding hydrogens is 477 g/mol. The number of ether oxygens (including phenoxy) is 2. The van der Waals surface area contributed by atoms with Crippen LogP contribution in [0.25, 0.3) is 11.0 Å². The van der Waals surface area contributed by atoms with Crippen molar-refractivity contribution in [2.45, 2.75) is 36.5 Å². The first-order valence-corrected chi connectivity index (χ1v) is 10.0. The van der Waals surface area contributed by atoms with E-state index in [-0.39, 0.29) is 29.6 Å². The fourth-order valence-electron chi connectivity index (χ4n) is 3.02. The molecule has 1 aliphatic heterocycles. The summed E-state index contributed by atoms with van der Waals surface area (Å²) in [7, 11) is -5.18. The Morgan fingerprint density at radius 3 is 2.34 bits per heavy atom. The number of halogens is 2. The number of hydrogen-bond acceptors (Lipinski definition) is 12. The third-order valence-corrected chi connectivity index (χ3v) is 5.17. The van der Waals surface area contributed by atoms with Crippen LogP contribution in [0.4, 0.5) is 8.78 Å². The topological polar surface area (TPSA) is 207 Å². The van der Waals surface area contributed by atoms with Crippen LogP contribution < -0.4 is 39.9 Å². The van der Waals surface area contributed by atoms with Gasteiger partial charge in [0.1, 0.15) is 24.4 Å². The normalized spacial score (nSPS) is 26.0. The van der Waals surface area contributed by atoms with Gasteiger partial charge in [-0.2, -0.15) is 4.39 Å². The molecule has 1 fully saturated rings. The molecule has 172 valence electrons. The molecule has 1 saturated heterocycles. The van der Waals surface area contributed by atoms with Crippen LogP contribution in [-0.2, 0) is 20.6 Å². The number of hydrogen-bond donors (Lipinski definition) is 5. The van der Waals surface area contributed by atoms with E-state index in [1.54, 1.807) is 0 Å². The summed E-state index contributed by atoms with van der Waals surface area (Å²) in [5.74, 6) is -7.50. The molecule has 2 aromatic rings. The minimum absolute atomic E-state index is 0. The molecule has 12 nitrogen and oxygen atoms in total. The van der Waals surface area contributed by atoms with Crippen molar-refractivity contribution in [3.63, 3.8) is 0 Å². The Bertz CT molecular complexity index is 1170. The van der Waals surface area contributed by atoms with Crippen LogP contribution in [0.15, 0.2) is 15.3 Å². The van der Waals surface area contributed by atoms with E-state index in [0.29, 0.717) is 6.07 Å². The molecule has 5 atom stereocenters. The Labute approximate surface area is 199 Å². The first-order chi connectivity index (χ1) is 14.4. The summed E-state index contributed by atoms with van der Waals surface area (Å²) >= 11 is 0. The third-order valence-electron chi connectivity index (χ3n) is 4.53. The van der Waals surface area contributed by atoms with Crippen LogP contribution in [-0.4, -0.2) is 75.8 Å². The van der Waals surface area contributed by atoms with Crippen molar-refractivity contribution in [1.29, 1.82) is 0 Å². The van der Waals surface area contributed by atoms with Crippen LogP contribution in [0.3, 0.4) is 0 Å². The molecule has 16 heteroatoms. The van der Waals surface area contributed by atoms with Crippen molar-refractivity contribution in [3.8, 4) is 11.5 Å². The van der Waals surface area contributed by atoms with Crippen molar-refractivity contribution in [2.75, 3.05) is 6.61 Å². The molecule has 0 unspecified atom stereocenters. The molecule has 5 N–H and O–H groups in total. The molecule has 1 aromatic carbocycles. The van der Waals surface area contributed by atoms with Crippen molar-refractivity contribution >= 4 is 21.1 Å². The Morgan fingerprint density at radius 2 is 1.78 bits per heavy atom. The van der Waals surface area contributed by atoms with E-state index in [4.69, 9.17) is 9.47 Å². The number of phenolic OH excluding ortho intramolecular Hbond substituents is 1. The van der Waals surface area contributed by atoms with Gasteiger partial charge in [-0.25, -0.2) is 17.6 Å². The summed E-state index contributed by atoms with van der Waals surface area (Å²) in [6.07, 6.45) is -9.26. The fourth-order valence-corrected chi connectivity index (χ4v) is 3.66. The largest absolute Gasteiger partial charge is 1.00 e. The summed E-state index contributed by atoms with van der Waals surface area (Å²) in [5, 5.41) is 47.4. The number of aromatic hydroxyl groups is 1. The van der Waals surface area contributed by atoms with Crippen LogP contribution in [0.2, 0.25) is 0 Å². The van der Waals surface area contributed by atoms with Gasteiger partial charge in [-0.3, -0.25) is 0 Å². The second kappa shape index (κ2) is 9.84. The van der Waals surface area contributed by atoms with Gasteiger partial charge >= 0.3 is 35.2 Å². The van der Waals surface area contributed by atoms with E-state index in [0.717, 1.165) is 0 Å². The van der Waals surface area contributed by atoms with Gasteiger partial charge in [0.15, 0.2) is 17.1 Å². The fraction of sp³-hybridized carbons (Fsp3) is 0.438. The quantitative estimate of drug-likeness (QED) is 0.151.